The summed E-state index contributed by atoms with van der Waals surface area (Å²) in [7, 11) is -3.15. The molecular formula is C30H30O2Si. The highest BCUT2D eigenvalue weighted by Gasteiger charge is 2.50. The second kappa shape index (κ2) is 8.24. The van der Waals surface area contributed by atoms with Crippen LogP contribution in [0.5, 0.6) is 11.5 Å². The Labute approximate surface area is 198 Å². The van der Waals surface area contributed by atoms with E-state index < -0.39 is 8.56 Å². The van der Waals surface area contributed by atoms with Gasteiger partial charge in [-0.2, -0.15) is 0 Å². The lowest BCUT2D eigenvalue weighted by atomic mass is 9.87. The van der Waals surface area contributed by atoms with Crippen LogP contribution >= 0.6 is 0 Å². The predicted molar refractivity (Wildman–Crippen MR) is 139 cm³/mol. The maximum atomic E-state index is 7.21. The van der Waals surface area contributed by atoms with E-state index >= 15 is 0 Å². The Morgan fingerprint density at radius 2 is 0.970 bits per heavy atom. The minimum absolute atomic E-state index is 0.158. The highest BCUT2D eigenvalue weighted by molar-refractivity contribution is 6.93. The molecule has 1 heterocycles. The highest BCUT2D eigenvalue weighted by Crippen LogP contribution is 2.44. The van der Waals surface area contributed by atoms with Gasteiger partial charge in [-0.1, -0.05) is 103 Å². The van der Waals surface area contributed by atoms with Crippen LogP contribution in [0.3, 0.4) is 0 Å². The van der Waals surface area contributed by atoms with Gasteiger partial charge in [0.15, 0.2) is 0 Å². The maximum absolute atomic E-state index is 7.21. The van der Waals surface area contributed by atoms with Crippen LogP contribution in [-0.4, -0.2) is 8.56 Å². The molecule has 0 bridgehead atoms. The smallest absolute Gasteiger partial charge is 0.505 e. The van der Waals surface area contributed by atoms with Crippen LogP contribution in [0.25, 0.3) is 0 Å². The molecule has 3 heteroatoms. The number of hydrogen-bond donors (Lipinski definition) is 0. The van der Waals surface area contributed by atoms with Crippen molar-refractivity contribution >= 4 is 18.9 Å². The average molecular weight is 451 g/mol. The van der Waals surface area contributed by atoms with Crippen LogP contribution in [0.2, 0.25) is 0 Å². The first-order valence-corrected chi connectivity index (χ1v) is 13.4. The fraction of sp³-hybridized carbons (Fsp3) is 0.200. The van der Waals surface area contributed by atoms with E-state index in [4.69, 9.17) is 8.85 Å². The van der Waals surface area contributed by atoms with Crippen molar-refractivity contribution < 1.29 is 8.85 Å². The summed E-state index contributed by atoms with van der Waals surface area (Å²) in [6, 6.07) is 30.0. The average Bonchev–Trinajstić information content (AvgIpc) is 2.81. The Morgan fingerprint density at radius 3 is 1.36 bits per heavy atom. The number of fused-ring (bicyclic) bond motifs is 2. The van der Waals surface area contributed by atoms with Gasteiger partial charge in [-0.05, 0) is 38.8 Å². The van der Waals surface area contributed by atoms with Gasteiger partial charge in [-0.25, -0.2) is 0 Å². The quantitative estimate of drug-likeness (QED) is 0.344. The van der Waals surface area contributed by atoms with Crippen molar-refractivity contribution in [1.82, 2.24) is 0 Å². The van der Waals surface area contributed by atoms with Gasteiger partial charge < -0.3 is 8.85 Å². The summed E-state index contributed by atoms with van der Waals surface area (Å²) in [6.45, 7) is 10.9. The topological polar surface area (TPSA) is 18.5 Å². The second-order valence-corrected chi connectivity index (χ2v) is 12.1. The Balaban J connectivity index is 1.90. The summed E-state index contributed by atoms with van der Waals surface area (Å²) >= 11 is 0. The molecule has 1 aliphatic rings. The molecule has 0 saturated heterocycles. The summed E-state index contributed by atoms with van der Waals surface area (Å²) in [6.07, 6.45) is 0. The van der Waals surface area contributed by atoms with Crippen molar-refractivity contribution in [2.24, 2.45) is 0 Å². The lowest BCUT2D eigenvalue weighted by molar-refractivity contribution is 0.399. The van der Waals surface area contributed by atoms with E-state index in [0.29, 0.717) is 0 Å². The van der Waals surface area contributed by atoms with Crippen molar-refractivity contribution in [2.75, 3.05) is 0 Å². The lowest BCUT2D eigenvalue weighted by Crippen LogP contribution is -2.68. The van der Waals surface area contributed by atoms with Gasteiger partial charge in [0.05, 0.1) is 0 Å². The summed E-state index contributed by atoms with van der Waals surface area (Å²) in [5.41, 5.74) is 7.26. The molecule has 0 amide bonds. The van der Waals surface area contributed by atoms with Gasteiger partial charge in [-0.3, -0.25) is 0 Å². The lowest BCUT2D eigenvalue weighted by Gasteiger charge is -2.38. The van der Waals surface area contributed by atoms with Gasteiger partial charge in [-0.15, -0.1) is 0 Å². The van der Waals surface area contributed by atoms with E-state index in [2.05, 4.69) is 107 Å². The van der Waals surface area contributed by atoms with Crippen LogP contribution in [0.15, 0.2) is 84.9 Å². The van der Waals surface area contributed by atoms with Crippen molar-refractivity contribution in [3.63, 3.8) is 0 Å². The third kappa shape index (κ3) is 3.67. The van der Waals surface area contributed by atoms with E-state index in [1.54, 1.807) is 0 Å². The molecule has 5 rings (SSSR count). The summed E-state index contributed by atoms with van der Waals surface area (Å²) in [5, 5.41) is 2.20. The molecule has 0 atom stereocenters. The Hall–Kier alpha value is -3.30. The Kier molecular flexibility index (Phi) is 5.38. The number of aryl methyl sites for hydroxylation is 4. The van der Waals surface area contributed by atoms with E-state index in [1.165, 1.54) is 22.3 Å². The fourth-order valence-electron chi connectivity index (χ4n) is 5.09. The van der Waals surface area contributed by atoms with Gasteiger partial charge in [0.2, 0.25) is 0 Å². The third-order valence-corrected chi connectivity index (χ3v) is 9.80. The molecule has 0 radical (unpaired) electrons. The van der Waals surface area contributed by atoms with E-state index in [1.807, 2.05) is 12.1 Å². The van der Waals surface area contributed by atoms with Crippen LogP contribution in [0.1, 0.15) is 46.2 Å². The van der Waals surface area contributed by atoms with Gasteiger partial charge in [0.25, 0.3) is 0 Å². The minimum Gasteiger partial charge on any atom is -0.505 e. The first-order chi connectivity index (χ1) is 15.9. The maximum Gasteiger partial charge on any atom is 0.531 e. The molecule has 33 heavy (non-hydrogen) atoms. The SMILES string of the molecule is Cc1cc(C)c2c(c1)C(C)c1cc(C)cc(C)c1O[Si](c1ccccc1)(c1ccccc1)O2. The van der Waals surface area contributed by atoms with Crippen molar-refractivity contribution in [3.8, 4) is 11.5 Å². The molecule has 2 nitrogen and oxygen atoms in total. The molecule has 0 aromatic heterocycles. The normalized spacial score (nSPS) is 14.8. The zero-order valence-corrected chi connectivity index (χ0v) is 21.0. The van der Waals surface area contributed by atoms with E-state index in [9.17, 15) is 0 Å². The molecule has 4 aromatic rings. The second-order valence-electron chi connectivity index (χ2n) is 9.27. The van der Waals surface area contributed by atoms with Crippen LogP contribution in [0.4, 0.5) is 0 Å². The third-order valence-electron chi connectivity index (χ3n) is 6.63. The number of benzene rings is 4. The molecule has 0 N–H and O–H groups in total. The van der Waals surface area contributed by atoms with Crippen LogP contribution in [0, 0.1) is 27.7 Å². The summed E-state index contributed by atoms with van der Waals surface area (Å²) in [4.78, 5) is 0. The Bertz CT molecular complexity index is 1210. The standard InChI is InChI=1S/C30H30O2Si/c1-20-16-22(3)29-27(18-20)24(5)28-19-21(2)17-23(4)30(28)32-33(31-29,25-12-8-6-9-13-25)26-14-10-7-11-15-26/h6-19,24H,1-5H3. The summed E-state index contributed by atoms with van der Waals surface area (Å²) < 4.78 is 14.4. The highest BCUT2D eigenvalue weighted by atomic mass is 28.4. The van der Waals surface area contributed by atoms with E-state index in [0.717, 1.165) is 33.0 Å². The zero-order valence-electron chi connectivity index (χ0n) is 20.0. The number of rotatable bonds is 2. The number of hydrogen-bond acceptors (Lipinski definition) is 2. The van der Waals surface area contributed by atoms with Crippen LogP contribution < -0.4 is 19.2 Å². The van der Waals surface area contributed by atoms with Crippen molar-refractivity contribution in [1.29, 1.82) is 0 Å². The van der Waals surface area contributed by atoms with Crippen molar-refractivity contribution in [2.45, 2.75) is 40.5 Å². The molecule has 4 aromatic carbocycles. The monoisotopic (exact) mass is 450 g/mol. The van der Waals surface area contributed by atoms with Gasteiger partial charge in [0.1, 0.15) is 11.5 Å². The predicted octanol–water partition coefficient (Wildman–Crippen LogP) is 6.10. The van der Waals surface area contributed by atoms with Gasteiger partial charge >= 0.3 is 8.56 Å². The Morgan fingerprint density at radius 1 is 0.576 bits per heavy atom. The molecule has 0 unspecified atom stereocenters. The molecule has 166 valence electrons. The first kappa shape index (κ1) is 21.5. The molecule has 0 saturated carbocycles. The fourth-order valence-corrected chi connectivity index (χ4v) is 8.33. The molecule has 0 spiro atoms. The molecule has 0 fully saturated rings. The minimum atomic E-state index is -3.15. The van der Waals surface area contributed by atoms with Crippen molar-refractivity contribution in [3.05, 3.63) is 118 Å². The largest absolute Gasteiger partial charge is 0.531 e. The van der Waals surface area contributed by atoms with Crippen LogP contribution in [-0.2, 0) is 0 Å². The zero-order chi connectivity index (χ0) is 23.2. The molecule has 1 aliphatic heterocycles. The first-order valence-electron chi connectivity index (χ1n) is 11.6. The molecule has 0 aliphatic carbocycles. The summed E-state index contributed by atoms with van der Waals surface area (Å²) in [5.74, 6) is 2.07. The molecular weight excluding hydrogens is 420 g/mol. The van der Waals surface area contributed by atoms with Gasteiger partial charge in [0, 0.05) is 27.4 Å². The van der Waals surface area contributed by atoms with E-state index in [-0.39, 0.29) is 5.92 Å².